The number of furan rings is 1. The molecule has 0 saturated heterocycles. The average molecular weight is 175 g/mol. The molecule has 0 atom stereocenters. The smallest absolute Gasteiger partial charge is 0.112 e. The number of nitrogens with zero attached hydrogens (tertiary/aromatic N) is 1. The van der Waals surface area contributed by atoms with Gasteiger partial charge in [-0.1, -0.05) is 0 Å². The van der Waals surface area contributed by atoms with Gasteiger partial charge in [-0.3, -0.25) is 0 Å². The summed E-state index contributed by atoms with van der Waals surface area (Å²) >= 11 is 1.44. The van der Waals surface area contributed by atoms with Gasteiger partial charge in [0.1, 0.15) is 10.9 Å². The maximum Gasteiger partial charge on any atom is 0.112 e. The Morgan fingerprint density at radius 2 is 2.33 bits per heavy atom. The molecule has 0 aliphatic rings. The van der Waals surface area contributed by atoms with Crippen LogP contribution in [0.3, 0.4) is 0 Å². The largest absolute Gasteiger partial charge is 0.472 e. The molecule has 0 spiro atoms. The van der Waals surface area contributed by atoms with Crippen molar-refractivity contribution in [1.82, 2.24) is 0 Å². The first-order valence-corrected chi connectivity index (χ1v) is 4.30. The van der Waals surface area contributed by atoms with E-state index < -0.39 is 0 Å². The number of thiophene rings is 1. The Labute approximate surface area is 73.7 Å². The predicted molar refractivity (Wildman–Crippen MR) is 46.7 cm³/mol. The van der Waals surface area contributed by atoms with Gasteiger partial charge in [-0.2, -0.15) is 5.26 Å². The van der Waals surface area contributed by atoms with Gasteiger partial charge in [-0.15, -0.1) is 11.3 Å². The summed E-state index contributed by atoms with van der Waals surface area (Å²) < 4.78 is 4.93. The summed E-state index contributed by atoms with van der Waals surface area (Å²) in [4.78, 5) is 0.733. The lowest BCUT2D eigenvalue weighted by Crippen LogP contribution is -1.71. The minimum absolute atomic E-state index is 0.733. The standard InChI is InChI=1S/C9H5NOS/c10-5-9-8(2-4-12-9)7-1-3-11-6-7/h1-4,6H. The van der Waals surface area contributed by atoms with E-state index in [0.717, 1.165) is 16.0 Å². The van der Waals surface area contributed by atoms with Crippen LogP contribution in [0.2, 0.25) is 0 Å². The minimum atomic E-state index is 0.733. The predicted octanol–water partition coefficient (Wildman–Crippen LogP) is 2.88. The van der Waals surface area contributed by atoms with Crippen molar-refractivity contribution < 1.29 is 4.42 Å². The molecule has 0 unspecified atom stereocenters. The third kappa shape index (κ3) is 1.03. The van der Waals surface area contributed by atoms with Gasteiger partial charge >= 0.3 is 0 Å². The van der Waals surface area contributed by atoms with Crippen molar-refractivity contribution in [2.45, 2.75) is 0 Å². The highest BCUT2D eigenvalue weighted by Gasteiger charge is 2.05. The quantitative estimate of drug-likeness (QED) is 0.668. The number of nitriles is 1. The van der Waals surface area contributed by atoms with Crippen molar-refractivity contribution in [3.05, 3.63) is 34.9 Å². The van der Waals surface area contributed by atoms with Gasteiger partial charge in [0.05, 0.1) is 12.5 Å². The van der Waals surface area contributed by atoms with E-state index in [2.05, 4.69) is 6.07 Å². The molecule has 3 heteroatoms. The molecule has 0 saturated carbocycles. The number of hydrogen-bond donors (Lipinski definition) is 0. The molecule has 2 nitrogen and oxygen atoms in total. The molecule has 0 bridgehead atoms. The highest BCUT2D eigenvalue weighted by Crippen LogP contribution is 2.27. The van der Waals surface area contributed by atoms with E-state index in [1.165, 1.54) is 11.3 Å². The van der Waals surface area contributed by atoms with E-state index in [-0.39, 0.29) is 0 Å². The molecule has 2 heterocycles. The van der Waals surface area contributed by atoms with Gasteiger partial charge < -0.3 is 4.42 Å². The fraction of sp³-hybridized carbons (Fsp3) is 0. The summed E-state index contributed by atoms with van der Waals surface area (Å²) in [6.07, 6.45) is 3.25. The van der Waals surface area contributed by atoms with Gasteiger partial charge in [0.15, 0.2) is 0 Å². The Bertz CT molecular complexity index is 408. The minimum Gasteiger partial charge on any atom is -0.472 e. The Morgan fingerprint density at radius 3 is 3.00 bits per heavy atom. The van der Waals surface area contributed by atoms with E-state index >= 15 is 0 Å². The van der Waals surface area contributed by atoms with Crippen LogP contribution in [-0.4, -0.2) is 0 Å². The molecule has 0 amide bonds. The Kier molecular flexibility index (Phi) is 1.69. The Morgan fingerprint density at radius 1 is 1.42 bits per heavy atom. The van der Waals surface area contributed by atoms with E-state index in [1.807, 2.05) is 17.5 Å². The summed E-state index contributed by atoms with van der Waals surface area (Å²) in [6, 6.07) is 5.92. The van der Waals surface area contributed by atoms with Crippen LogP contribution in [0.15, 0.2) is 34.5 Å². The summed E-state index contributed by atoms with van der Waals surface area (Å²) in [5.74, 6) is 0. The molecule has 2 rings (SSSR count). The maximum atomic E-state index is 8.74. The van der Waals surface area contributed by atoms with Crippen molar-refractivity contribution in [3.8, 4) is 17.2 Å². The fourth-order valence-electron chi connectivity index (χ4n) is 1.04. The summed E-state index contributed by atoms with van der Waals surface area (Å²) in [6.45, 7) is 0. The first kappa shape index (κ1) is 7.14. The van der Waals surface area contributed by atoms with Crippen molar-refractivity contribution in [1.29, 1.82) is 5.26 Å². The molecular formula is C9H5NOS. The monoisotopic (exact) mass is 175 g/mol. The summed E-state index contributed by atoms with van der Waals surface area (Å²) in [5.41, 5.74) is 1.92. The van der Waals surface area contributed by atoms with Crippen LogP contribution in [0.4, 0.5) is 0 Å². The third-order valence-electron chi connectivity index (χ3n) is 1.60. The molecule has 58 valence electrons. The molecule has 0 aromatic carbocycles. The van der Waals surface area contributed by atoms with Gasteiger partial charge in [-0.05, 0) is 17.5 Å². The lowest BCUT2D eigenvalue weighted by atomic mass is 10.1. The van der Waals surface area contributed by atoms with Gasteiger partial charge in [-0.25, -0.2) is 0 Å². The molecule has 2 aromatic heterocycles. The Hall–Kier alpha value is -1.53. The van der Waals surface area contributed by atoms with Crippen LogP contribution in [-0.2, 0) is 0 Å². The Balaban J connectivity index is 2.55. The molecule has 0 radical (unpaired) electrons. The van der Waals surface area contributed by atoms with Crippen LogP contribution < -0.4 is 0 Å². The molecule has 0 aliphatic carbocycles. The van der Waals surface area contributed by atoms with Gasteiger partial charge in [0.25, 0.3) is 0 Å². The van der Waals surface area contributed by atoms with E-state index in [1.54, 1.807) is 12.5 Å². The molecule has 12 heavy (non-hydrogen) atoms. The number of rotatable bonds is 1. The zero-order valence-electron chi connectivity index (χ0n) is 6.15. The SMILES string of the molecule is N#Cc1sccc1-c1ccoc1. The molecular weight excluding hydrogens is 170 g/mol. The van der Waals surface area contributed by atoms with Crippen molar-refractivity contribution in [2.24, 2.45) is 0 Å². The average Bonchev–Trinajstić information content (AvgIpc) is 2.74. The van der Waals surface area contributed by atoms with Crippen LogP contribution in [0.1, 0.15) is 4.88 Å². The lowest BCUT2D eigenvalue weighted by Gasteiger charge is -1.89. The highest BCUT2D eigenvalue weighted by molar-refractivity contribution is 7.11. The van der Waals surface area contributed by atoms with Crippen molar-refractivity contribution in [3.63, 3.8) is 0 Å². The van der Waals surface area contributed by atoms with Gasteiger partial charge in [0, 0.05) is 11.1 Å². The van der Waals surface area contributed by atoms with Crippen LogP contribution in [0, 0.1) is 11.3 Å². The van der Waals surface area contributed by atoms with E-state index in [0.29, 0.717) is 0 Å². The molecule has 2 aromatic rings. The summed E-state index contributed by atoms with van der Waals surface area (Å²) in [5, 5.41) is 10.6. The first-order valence-electron chi connectivity index (χ1n) is 3.42. The zero-order chi connectivity index (χ0) is 8.39. The maximum absolute atomic E-state index is 8.74. The van der Waals surface area contributed by atoms with Crippen molar-refractivity contribution >= 4 is 11.3 Å². The second kappa shape index (κ2) is 2.84. The van der Waals surface area contributed by atoms with Crippen LogP contribution in [0.5, 0.6) is 0 Å². The van der Waals surface area contributed by atoms with E-state index in [9.17, 15) is 0 Å². The molecule has 0 aliphatic heterocycles. The number of hydrogen-bond acceptors (Lipinski definition) is 3. The normalized spacial score (nSPS) is 9.58. The lowest BCUT2D eigenvalue weighted by molar-refractivity contribution is 0.568. The second-order valence-electron chi connectivity index (χ2n) is 2.29. The fourth-order valence-corrected chi connectivity index (χ4v) is 1.75. The second-order valence-corrected chi connectivity index (χ2v) is 3.20. The van der Waals surface area contributed by atoms with Crippen molar-refractivity contribution in [2.75, 3.05) is 0 Å². The highest BCUT2D eigenvalue weighted by atomic mass is 32.1. The molecule has 0 fully saturated rings. The van der Waals surface area contributed by atoms with Crippen LogP contribution in [0.25, 0.3) is 11.1 Å². The third-order valence-corrected chi connectivity index (χ3v) is 2.42. The zero-order valence-corrected chi connectivity index (χ0v) is 6.97. The topological polar surface area (TPSA) is 36.9 Å². The van der Waals surface area contributed by atoms with E-state index in [4.69, 9.17) is 9.68 Å². The molecule has 0 N–H and O–H groups in total. The van der Waals surface area contributed by atoms with Crippen LogP contribution >= 0.6 is 11.3 Å². The van der Waals surface area contributed by atoms with Gasteiger partial charge in [0.2, 0.25) is 0 Å². The summed E-state index contributed by atoms with van der Waals surface area (Å²) in [7, 11) is 0. The first-order chi connectivity index (χ1) is 5.92.